The summed E-state index contributed by atoms with van der Waals surface area (Å²) in [5.74, 6) is -0.438. The number of benzene rings is 2. The topological polar surface area (TPSA) is 78.7 Å². The lowest BCUT2D eigenvalue weighted by Crippen LogP contribution is -2.49. The van der Waals surface area contributed by atoms with Gasteiger partial charge in [0.25, 0.3) is 0 Å². The second-order valence-electron chi connectivity index (χ2n) is 7.21. The molecule has 0 saturated carbocycles. The van der Waals surface area contributed by atoms with Gasteiger partial charge in [0.1, 0.15) is 22.1 Å². The van der Waals surface area contributed by atoms with Crippen molar-refractivity contribution in [3.63, 3.8) is 0 Å². The van der Waals surface area contributed by atoms with Crippen LogP contribution in [0, 0.1) is 23.1 Å². The van der Waals surface area contributed by atoms with E-state index in [1.54, 1.807) is 19.1 Å². The normalized spacial score (nSPS) is 13.1. The van der Waals surface area contributed by atoms with Crippen LogP contribution in [0.2, 0.25) is 0 Å². The number of thioether (sulfide) groups is 1. The Hall–Kier alpha value is -2.98. The van der Waals surface area contributed by atoms with Crippen LogP contribution in [0.25, 0.3) is 22.0 Å². The number of halogens is 1. The van der Waals surface area contributed by atoms with Crippen LogP contribution in [0.15, 0.2) is 53.6 Å². The van der Waals surface area contributed by atoms with Crippen molar-refractivity contribution in [2.45, 2.75) is 31.3 Å². The summed E-state index contributed by atoms with van der Waals surface area (Å²) in [6.07, 6.45) is 0. The van der Waals surface area contributed by atoms with Crippen LogP contribution in [-0.4, -0.2) is 27.4 Å². The minimum atomic E-state index is -0.919. The maximum absolute atomic E-state index is 13.3. The summed E-state index contributed by atoms with van der Waals surface area (Å²) in [7, 11) is 0. The van der Waals surface area contributed by atoms with Gasteiger partial charge in [-0.1, -0.05) is 49.9 Å². The molecule has 29 heavy (non-hydrogen) atoms. The smallest absolute Gasteiger partial charge is 0.231 e. The Labute approximate surface area is 173 Å². The van der Waals surface area contributed by atoms with Gasteiger partial charge < -0.3 is 5.32 Å². The van der Waals surface area contributed by atoms with Crippen LogP contribution >= 0.6 is 11.8 Å². The molecule has 0 bridgehead atoms. The molecule has 3 rings (SSSR count). The van der Waals surface area contributed by atoms with Crippen molar-refractivity contribution in [3.05, 3.63) is 54.3 Å². The molecule has 1 N–H and O–H groups in total. The van der Waals surface area contributed by atoms with E-state index in [2.05, 4.69) is 21.6 Å². The average molecular weight is 409 g/mol. The first-order valence-electron chi connectivity index (χ1n) is 9.20. The number of fused-ring (bicyclic) bond motifs is 1. The van der Waals surface area contributed by atoms with Gasteiger partial charge in [0.05, 0.1) is 11.8 Å². The minimum absolute atomic E-state index is 0.0166. The molecule has 0 aliphatic carbocycles. The first-order valence-corrected chi connectivity index (χ1v) is 10.2. The van der Waals surface area contributed by atoms with Crippen molar-refractivity contribution in [2.75, 3.05) is 5.75 Å². The summed E-state index contributed by atoms with van der Waals surface area (Å²) in [5, 5.41) is 23.2. The monoisotopic (exact) mass is 408 g/mol. The van der Waals surface area contributed by atoms with Crippen LogP contribution in [-0.2, 0) is 4.79 Å². The molecular weight excluding hydrogens is 387 g/mol. The summed E-state index contributed by atoms with van der Waals surface area (Å²) >= 11 is 1.27. The Bertz CT molecular complexity index is 1080. The molecule has 0 aliphatic rings. The Morgan fingerprint density at radius 2 is 1.83 bits per heavy atom. The van der Waals surface area contributed by atoms with Crippen LogP contribution in [0.3, 0.4) is 0 Å². The fourth-order valence-electron chi connectivity index (χ4n) is 2.77. The van der Waals surface area contributed by atoms with Crippen molar-refractivity contribution in [2.24, 2.45) is 5.92 Å². The van der Waals surface area contributed by atoms with Crippen LogP contribution < -0.4 is 5.32 Å². The van der Waals surface area contributed by atoms with Gasteiger partial charge in [0.2, 0.25) is 5.91 Å². The first kappa shape index (κ1) is 20.7. The van der Waals surface area contributed by atoms with Crippen LogP contribution in [0.1, 0.15) is 20.8 Å². The maximum atomic E-state index is 13.3. The number of carbonyl (C=O) groups is 1. The molecule has 1 atom stereocenters. The summed E-state index contributed by atoms with van der Waals surface area (Å²) in [6.45, 7) is 5.50. The van der Waals surface area contributed by atoms with E-state index in [0.29, 0.717) is 10.7 Å². The minimum Gasteiger partial charge on any atom is -0.337 e. The number of carbonyl (C=O) groups excluding carboxylic acids is 1. The van der Waals surface area contributed by atoms with E-state index in [1.165, 1.54) is 23.9 Å². The lowest BCUT2D eigenvalue weighted by atomic mass is 9.90. The third kappa shape index (κ3) is 4.54. The van der Waals surface area contributed by atoms with Crippen molar-refractivity contribution in [3.8, 4) is 17.3 Å². The highest BCUT2D eigenvalue weighted by Gasteiger charge is 2.30. The Kier molecular flexibility index (Phi) is 6.14. The predicted octanol–water partition coefficient (Wildman–Crippen LogP) is 4.58. The molecule has 1 unspecified atom stereocenters. The van der Waals surface area contributed by atoms with E-state index in [4.69, 9.17) is 0 Å². The molecular formula is C22H21FN4OS. The SMILES string of the molecule is CC(C)C(C)(C#N)NC(=O)CSc1nnc(-c2ccc(F)cc2)c2ccccc12. The zero-order valence-corrected chi connectivity index (χ0v) is 17.3. The third-order valence-corrected chi connectivity index (χ3v) is 5.88. The third-order valence-electron chi connectivity index (χ3n) is 4.90. The van der Waals surface area contributed by atoms with Gasteiger partial charge in [-0.15, -0.1) is 10.2 Å². The molecule has 7 heteroatoms. The maximum Gasteiger partial charge on any atom is 0.231 e. The molecule has 0 saturated heterocycles. The van der Waals surface area contributed by atoms with Gasteiger partial charge in [0, 0.05) is 16.3 Å². The number of aromatic nitrogens is 2. The Morgan fingerprint density at radius 3 is 2.45 bits per heavy atom. The molecule has 1 amide bonds. The van der Waals surface area contributed by atoms with Crippen molar-refractivity contribution in [1.82, 2.24) is 15.5 Å². The van der Waals surface area contributed by atoms with E-state index in [0.717, 1.165) is 16.3 Å². The molecule has 148 valence electrons. The predicted molar refractivity (Wildman–Crippen MR) is 113 cm³/mol. The number of hydrogen-bond acceptors (Lipinski definition) is 5. The quantitative estimate of drug-likeness (QED) is 0.604. The fourth-order valence-corrected chi connectivity index (χ4v) is 3.54. The van der Waals surface area contributed by atoms with Gasteiger partial charge >= 0.3 is 0 Å². The van der Waals surface area contributed by atoms with Crippen LogP contribution in [0.5, 0.6) is 0 Å². The highest BCUT2D eigenvalue weighted by Crippen LogP contribution is 2.31. The lowest BCUT2D eigenvalue weighted by Gasteiger charge is -2.27. The zero-order chi connectivity index (χ0) is 21.0. The summed E-state index contributed by atoms with van der Waals surface area (Å²) in [5.41, 5.74) is 0.509. The molecule has 3 aromatic rings. The molecule has 5 nitrogen and oxygen atoms in total. The molecule has 0 fully saturated rings. The zero-order valence-electron chi connectivity index (χ0n) is 16.4. The van der Waals surface area contributed by atoms with Crippen molar-refractivity contribution < 1.29 is 9.18 Å². The second-order valence-corrected chi connectivity index (χ2v) is 8.18. The van der Waals surface area contributed by atoms with E-state index in [9.17, 15) is 14.4 Å². The number of rotatable bonds is 6. The highest BCUT2D eigenvalue weighted by molar-refractivity contribution is 8.00. The van der Waals surface area contributed by atoms with Gasteiger partial charge in [-0.3, -0.25) is 4.79 Å². The van der Waals surface area contributed by atoms with Crippen molar-refractivity contribution >= 4 is 28.4 Å². The number of nitrogens with zero attached hydrogens (tertiary/aromatic N) is 3. The number of hydrogen-bond donors (Lipinski definition) is 1. The first-order chi connectivity index (χ1) is 13.8. The summed E-state index contributed by atoms with van der Waals surface area (Å²) in [4.78, 5) is 12.4. The van der Waals surface area contributed by atoms with Crippen molar-refractivity contribution in [1.29, 1.82) is 5.26 Å². The largest absolute Gasteiger partial charge is 0.337 e. The molecule has 1 aromatic heterocycles. The van der Waals surface area contributed by atoms with Gasteiger partial charge in [-0.2, -0.15) is 5.26 Å². The molecule has 0 spiro atoms. The molecule has 1 heterocycles. The Balaban J connectivity index is 1.85. The highest BCUT2D eigenvalue weighted by atomic mass is 32.2. The second kappa shape index (κ2) is 8.58. The number of nitrogens with one attached hydrogen (secondary N) is 1. The van der Waals surface area contributed by atoms with E-state index in [-0.39, 0.29) is 23.4 Å². The van der Waals surface area contributed by atoms with Crippen LogP contribution in [0.4, 0.5) is 4.39 Å². The van der Waals surface area contributed by atoms with Gasteiger partial charge in [0.15, 0.2) is 0 Å². The lowest BCUT2D eigenvalue weighted by molar-refractivity contribution is -0.120. The van der Waals surface area contributed by atoms with Gasteiger partial charge in [-0.05, 0) is 37.1 Å². The Morgan fingerprint density at radius 1 is 1.17 bits per heavy atom. The number of nitriles is 1. The van der Waals surface area contributed by atoms with Gasteiger partial charge in [-0.25, -0.2) is 4.39 Å². The van der Waals surface area contributed by atoms with E-state index < -0.39 is 5.54 Å². The number of amides is 1. The van der Waals surface area contributed by atoms with E-state index >= 15 is 0 Å². The molecule has 2 aromatic carbocycles. The molecule has 0 aliphatic heterocycles. The summed E-state index contributed by atoms with van der Waals surface area (Å²) in [6, 6.07) is 15.9. The average Bonchev–Trinajstić information content (AvgIpc) is 2.72. The fraction of sp³-hybridized carbons (Fsp3) is 0.273. The van der Waals surface area contributed by atoms with E-state index in [1.807, 2.05) is 38.1 Å². The standard InChI is InChI=1S/C22H21FN4OS/c1-14(2)22(3,13-24)25-19(28)12-29-21-18-7-5-4-6-17(18)20(26-27-21)15-8-10-16(23)11-9-15/h4-11,14H,12H2,1-3H3,(H,25,28). The summed E-state index contributed by atoms with van der Waals surface area (Å²) < 4.78 is 13.3. The molecule has 0 radical (unpaired) electrons.